The molecule has 0 spiro atoms. The minimum atomic E-state index is -0.904. The van der Waals surface area contributed by atoms with Crippen molar-refractivity contribution in [3.05, 3.63) is 71.6 Å². The van der Waals surface area contributed by atoms with Crippen molar-refractivity contribution in [2.45, 2.75) is 26.5 Å². The quantitative estimate of drug-likeness (QED) is 0.505. The van der Waals surface area contributed by atoms with Crippen molar-refractivity contribution < 1.29 is 19.2 Å². The second-order valence-corrected chi connectivity index (χ2v) is 6.10. The summed E-state index contributed by atoms with van der Waals surface area (Å²) in [5, 5.41) is 10.1. The second-order valence-electron chi connectivity index (χ2n) is 6.10. The van der Waals surface area contributed by atoms with Crippen molar-refractivity contribution in [2.75, 3.05) is 0 Å². The van der Waals surface area contributed by atoms with Gasteiger partial charge in [0, 0.05) is 5.56 Å². The fourth-order valence-electron chi connectivity index (χ4n) is 2.59. The van der Waals surface area contributed by atoms with Gasteiger partial charge in [-0.15, -0.1) is 0 Å². The molecule has 0 aliphatic rings. The number of amides is 2. The van der Waals surface area contributed by atoms with Crippen LogP contribution in [0.3, 0.4) is 0 Å². The molecule has 2 amide bonds. The van der Waals surface area contributed by atoms with Gasteiger partial charge in [0.15, 0.2) is 0 Å². The predicted molar refractivity (Wildman–Crippen MR) is 99.1 cm³/mol. The molecule has 2 aromatic carbocycles. The highest BCUT2D eigenvalue weighted by molar-refractivity contribution is 5.71. The largest absolute Gasteiger partial charge is 0.487 e. The molecule has 3 rings (SSSR count). The molecule has 1 unspecified atom stereocenters. The van der Waals surface area contributed by atoms with Crippen LogP contribution >= 0.6 is 0 Å². The summed E-state index contributed by atoms with van der Waals surface area (Å²) in [7, 11) is 0. The van der Waals surface area contributed by atoms with E-state index in [2.05, 4.69) is 4.98 Å². The van der Waals surface area contributed by atoms with E-state index in [0.29, 0.717) is 22.5 Å². The van der Waals surface area contributed by atoms with E-state index in [9.17, 15) is 10.0 Å². The molecule has 7 heteroatoms. The molecule has 0 bridgehead atoms. The van der Waals surface area contributed by atoms with Crippen LogP contribution in [0.2, 0.25) is 0 Å². The third-order valence-electron chi connectivity index (χ3n) is 4.24. The Morgan fingerprint density at radius 1 is 1.22 bits per heavy atom. The fraction of sp³-hybridized carbons (Fsp3) is 0.200. The number of hydrogen-bond acceptors (Lipinski definition) is 5. The van der Waals surface area contributed by atoms with E-state index >= 15 is 0 Å². The van der Waals surface area contributed by atoms with Gasteiger partial charge in [0.05, 0.1) is 6.04 Å². The maximum Gasteiger partial charge on any atom is 0.339 e. The molecule has 0 aliphatic heterocycles. The summed E-state index contributed by atoms with van der Waals surface area (Å²) in [5.74, 6) is 1.90. The first-order valence-corrected chi connectivity index (χ1v) is 8.47. The van der Waals surface area contributed by atoms with Crippen LogP contribution in [0.1, 0.15) is 30.0 Å². The summed E-state index contributed by atoms with van der Waals surface area (Å²) in [5.41, 5.74) is 7.43. The number of aryl methyl sites for hydroxylation is 1. The summed E-state index contributed by atoms with van der Waals surface area (Å²) in [6.07, 6.45) is 0. The molecule has 1 atom stereocenters. The fourth-order valence-corrected chi connectivity index (χ4v) is 2.59. The van der Waals surface area contributed by atoms with Crippen molar-refractivity contribution in [3.63, 3.8) is 0 Å². The Balaban J connectivity index is 1.65. The Morgan fingerprint density at radius 2 is 1.89 bits per heavy atom. The Hall–Kier alpha value is -3.32. The number of oxazole rings is 1. The van der Waals surface area contributed by atoms with Gasteiger partial charge in [-0.05, 0) is 43.7 Å². The van der Waals surface area contributed by atoms with Crippen molar-refractivity contribution in [1.82, 2.24) is 10.0 Å². The number of urea groups is 1. The number of carbonyl (C=O) groups is 1. The monoisotopic (exact) mass is 367 g/mol. The first kappa shape index (κ1) is 18.5. The third kappa shape index (κ3) is 4.27. The lowest BCUT2D eigenvalue weighted by molar-refractivity contribution is -0.0710. The van der Waals surface area contributed by atoms with Crippen LogP contribution in [-0.2, 0) is 6.61 Å². The van der Waals surface area contributed by atoms with Crippen LogP contribution in [-0.4, -0.2) is 21.3 Å². The summed E-state index contributed by atoms with van der Waals surface area (Å²) in [4.78, 5) is 15.5. The second kappa shape index (κ2) is 7.92. The lowest BCUT2D eigenvalue weighted by atomic mass is 10.1. The number of ether oxygens (including phenoxy) is 1. The van der Waals surface area contributed by atoms with Gasteiger partial charge in [0.25, 0.3) is 0 Å². The molecule has 1 heterocycles. The van der Waals surface area contributed by atoms with Gasteiger partial charge in [-0.2, -0.15) is 5.06 Å². The molecule has 0 fully saturated rings. The van der Waals surface area contributed by atoms with Crippen LogP contribution in [0.25, 0.3) is 11.5 Å². The maximum atomic E-state index is 11.0. The Kier molecular flexibility index (Phi) is 5.42. The van der Waals surface area contributed by atoms with E-state index in [4.69, 9.17) is 14.9 Å². The van der Waals surface area contributed by atoms with Crippen LogP contribution in [0.5, 0.6) is 5.75 Å². The van der Waals surface area contributed by atoms with E-state index in [-0.39, 0.29) is 6.61 Å². The number of nitrogens with zero attached hydrogens (tertiary/aromatic N) is 2. The SMILES string of the molecule is Cc1oc(-c2ccccc2)nc1COc1ccc(C(C)N(O)C(N)=O)cc1. The zero-order valence-electron chi connectivity index (χ0n) is 15.1. The van der Waals surface area contributed by atoms with Gasteiger partial charge in [-0.3, -0.25) is 5.21 Å². The standard InChI is InChI=1S/C20H21N3O4/c1-13(23(25)20(21)24)15-8-10-17(11-9-15)26-12-18-14(2)27-19(22-18)16-6-4-3-5-7-16/h3-11,13,25H,12H2,1-2H3,(H2,21,24). The van der Waals surface area contributed by atoms with E-state index < -0.39 is 12.1 Å². The van der Waals surface area contributed by atoms with E-state index in [0.717, 1.165) is 16.8 Å². The summed E-state index contributed by atoms with van der Waals surface area (Å²) < 4.78 is 11.5. The number of hydroxylamine groups is 2. The first-order valence-electron chi connectivity index (χ1n) is 8.47. The summed E-state index contributed by atoms with van der Waals surface area (Å²) in [6.45, 7) is 3.79. The molecule has 0 saturated heterocycles. The van der Waals surface area contributed by atoms with Crippen molar-refractivity contribution in [2.24, 2.45) is 5.73 Å². The van der Waals surface area contributed by atoms with Crippen molar-refractivity contribution in [3.8, 4) is 17.2 Å². The number of carbonyl (C=O) groups excluding carboxylic acids is 1. The van der Waals surface area contributed by atoms with Crippen molar-refractivity contribution in [1.29, 1.82) is 0 Å². The lowest BCUT2D eigenvalue weighted by Crippen LogP contribution is -2.34. The molecule has 0 radical (unpaired) electrons. The van der Waals surface area contributed by atoms with Gasteiger partial charge in [-0.1, -0.05) is 30.3 Å². The van der Waals surface area contributed by atoms with E-state index in [1.54, 1.807) is 31.2 Å². The van der Waals surface area contributed by atoms with Crippen LogP contribution < -0.4 is 10.5 Å². The molecule has 27 heavy (non-hydrogen) atoms. The molecular weight excluding hydrogens is 346 g/mol. The molecule has 0 aliphatic carbocycles. The minimum Gasteiger partial charge on any atom is -0.487 e. The van der Waals surface area contributed by atoms with Gasteiger partial charge in [0.1, 0.15) is 23.8 Å². The molecule has 140 valence electrons. The Morgan fingerprint density at radius 3 is 2.52 bits per heavy atom. The Labute approximate surface area is 157 Å². The number of rotatable bonds is 6. The van der Waals surface area contributed by atoms with Gasteiger partial charge in [-0.25, -0.2) is 9.78 Å². The zero-order chi connectivity index (χ0) is 19.4. The molecular formula is C20H21N3O4. The average molecular weight is 367 g/mol. The smallest absolute Gasteiger partial charge is 0.339 e. The predicted octanol–water partition coefficient (Wildman–Crippen LogP) is 4.06. The highest BCUT2D eigenvalue weighted by Crippen LogP contribution is 2.24. The van der Waals surface area contributed by atoms with Crippen LogP contribution in [0.4, 0.5) is 4.79 Å². The number of aromatic nitrogens is 1. The maximum absolute atomic E-state index is 11.0. The topological polar surface area (TPSA) is 102 Å². The van der Waals surface area contributed by atoms with Gasteiger partial charge >= 0.3 is 6.03 Å². The average Bonchev–Trinajstić information content (AvgIpc) is 3.07. The number of benzene rings is 2. The summed E-state index contributed by atoms with van der Waals surface area (Å²) in [6, 6.07) is 15.3. The number of hydrogen-bond donors (Lipinski definition) is 2. The van der Waals surface area contributed by atoms with Gasteiger partial charge in [0.2, 0.25) is 5.89 Å². The summed E-state index contributed by atoms with van der Waals surface area (Å²) >= 11 is 0. The van der Waals surface area contributed by atoms with E-state index in [1.807, 2.05) is 37.3 Å². The molecule has 0 saturated carbocycles. The first-order chi connectivity index (χ1) is 13.0. The molecule has 7 nitrogen and oxygen atoms in total. The molecule has 3 N–H and O–H groups in total. The minimum absolute atomic E-state index is 0.268. The Bertz CT molecular complexity index is 907. The van der Waals surface area contributed by atoms with E-state index in [1.165, 1.54) is 0 Å². The van der Waals surface area contributed by atoms with Crippen molar-refractivity contribution >= 4 is 6.03 Å². The molecule has 1 aromatic heterocycles. The number of nitrogens with two attached hydrogens (primary N) is 1. The zero-order valence-corrected chi connectivity index (χ0v) is 15.1. The molecule has 3 aromatic rings. The lowest BCUT2D eigenvalue weighted by Gasteiger charge is -2.20. The highest BCUT2D eigenvalue weighted by Gasteiger charge is 2.17. The van der Waals surface area contributed by atoms with Gasteiger partial charge < -0.3 is 14.9 Å². The number of primary amides is 1. The normalized spacial score (nSPS) is 11.8. The third-order valence-corrected chi connectivity index (χ3v) is 4.24. The van der Waals surface area contributed by atoms with Crippen LogP contribution in [0.15, 0.2) is 59.0 Å². The van der Waals surface area contributed by atoms with Crippen LogP contribution in [0, 0.1) is 6.92 Å². The highest BCUT2D eigenvalue weighted by atomic mass is 16.5.